The smallest absolute Gasteiger partial charge is 0.429 e. The Labute approximate surface area is 274 Å². The molecule has 256 valence electrons. The van der Waals surface area contributed by atoms with E-state index < -0.39 is 58.6 Å². The summed E-state index contributed by atoms with van der Waals surface area (Å²) < 4.78 is 150. The lowest BCUT2D eigenvalue weighted by molar-refractivity contribution is -0.275. The van der Waals surface area contributed by atoms with E-state index in [1.807, 2.05) is 0 Å². The van der Waals surface area contributed by atoms with Crippen molar-refractivity contribution in [3.63, 3.8) is 0 Å². The first kappa shape index (κ1) is 35.3. The minimum atomic E-state index is -5.14. The van der Waals surface area contributed by atoms with Crippen molar-refractivity contribution in [3.8, 4) is 44.9 Å². The maximum Gasteiger partial charge on any atom is 0.573 e. The minimum absolute atomic E-state index is 0.0286. The van der Waals surface area contributed by atoms with Crippen molar-refractivity contribution < 1.29 is 53.4 Å². The van der Waals surface area contributed by atoms with Gasteiger partial charge < -0.3 is 9.47 Å². The number of alkyl halides is 5. The molecule has 12 heteroatoms. The Morgan fingerprint density at radius 2 is 1.04 bits per heavy atom. The van der Waals surface area contributed by atoms with E-state index in [2.05, 4.69) is 16.4 Å². The molecule has 0 N–H and O–H groups in total. The van der Waals surface area contributed by atoms with Crippen molar-refractivity contribution in [2.24, 2.45) is 0 Å². The summed E-state index contributed by atoms with van der Waals surface area (Å²) in [5.74, 6) is -8.65. The number of rotatable bonds is 11. The van der Waals surface area contributed by atoms with E-state index in [4.69, 9.17) is 0 Å². The van der Waals surface area contributed by atoms with Gasteiger partial charge in [0.2, 0.25) is 0 Å². The molecule has 0 aliphatic heterocycles. The molecule has 0 amide bonds. The predicted molar refractivity (Wildman–Crippen MR) is 163 cm³/mol. The van der Waals surface area contributed by atoms with Crippen LogP contribution >= 0.6 is 0 Å². The van der Waals surface area contributed by atoms with E-state index in [9.17, 15) is 30.7 Å². The molecule has 0 saturated carbocycles. The molecular weight excluding hydrogens is 666 g/mol. The van der Waals surface area contributed by atoms with E-state index >= 15 is 13.2 Å². The summed E-state index contributed by atoms with van der Waals surface area (Å²) in [6.07, 6.45) is -5.78. The van der Waals surface area contributed by atoms with Crippen LogP contribution in [0.1, 0.15) is 37.3 Å². The summed E-state index contributed by atoms with van der Waals surface area (Å²) in [6, 6.07) is 16.2. The highest BCUT2D eigenvalue weighted by Crippen LogP contribution is 2.39. The molecule has 5 aromatic carbocycles. The van der Waals surface area contributed by atoms with Crippen molar-refractivity contribution in [1.29, 1.82) is 0 Å². The molecule has 0 aliphatic carbocycles. The molecule has 2 nitrogen and oxygen atoms in total. The summed E-state index contributed by atoms with van der Waals surface area (Å²) >= 11 is 0. The van der Waals surface area contributed by atoms with Gasteiger partial charge in [-0.3, -0.25) is 0 Å². The van der Waals surface area contributed by atoms with Crippen molar-refractivity contribution in [2.45, 2.75) is 45.1 Å². The second-order valence-corrected chi connectivity index (χ2v) is 11.1. The highest BCUT2D eigenvalue weighted by Gasteiger charge is 2.41. The van der Waals surface area contributed by atoms with Gasteiger partial charge in [-0.1, -0.05) is 62.2 Å². The molecule has 0 aliphatic rings. The minimum Gasteiger partial charge on any atom is -0.429 e. The molecule has 0 heterocycles. The zero-order valence-electron chi connectivity index (χ0n) is 25.6. The summed E-state index contributed by atoms with van der Waals surface area (Å²) in [7, 11) is 0. The number of hydrogen-bond acceptors (Lipinski definition) is 2. The van der Waals surface area contributed by atoms with Crippen molar-refractivity contribution >= 4 is 0 Å². The molecule has 5 aromatic rings. The molecule has 0 radical (unpaired) electrons. The van der Waals surface area contributed by atoms with E-state index in [0.717, 1.165) is 73.7 Å². The third-order valence-corrected chi connectivity index (χ3v) is 7.62. The van der Waals surface area contributed by atoms with Gasteiger partial charge in [0.1, 0.15) is 34.6 Å². The molecular formula is C37H26F10O2. The van der Waals surface area contributed by atoms with Crippen molar-refractivity contribution in [2.75, 3.05) is 0 Å². The van der Waals surface area contributed by atoms with Gasteiger partial charge >= 0.3 is 12.5 Å². The van der Waals surface area contributed by atoms with Crippen molar-refractivity contribution in [3.05, 3.63) is 131 Å². The van der Waals surface area contributed by atoms with Crippen LogP contribution < -0.4 is 9.47 Å². The monoisotopic (exact) mass is 692 g/mol. The fraction of sp³-hybridized carbons (Fsp3) is 0.189. The lowest BCUT2D eigenvalue weighted by Gasteiger charge is -2.20. The van der Waals surface area contributed by atoms with Crippen LogP contribution in [-0.2, 0) is 12.5 Å². The number of aryl methyl sites for hydroxylation is 1. The first-order valence-electron chi connectivity index (χ1n) is 15.0. The van der Waals surface area contributed by atoms with Gasteiger partial charge in [-0.25, -0.2) is 22.0 Å². The number of hydrogen-bond donors (Lipinski definition) is 0. The van der Waals surface area contributed by atoms with Gasteiger partial charge in [-0.05, 0) is 83.1 Å². The summed E-state index contributed by atoms with van der Waals surface area (Å²) in [4.78, 5) is 0. The number of benzene rings is 5. The molecule has 49 heavy (non-hydrogen) atoms. The normalized spacial score (nSPS) is 11.9. The largest absolute Gasteiger partial charge is 0.573 e. The Kier molecular flexibility index (Phi) is 10.3. The Balaban J connectivity index is 1.32. The van der Waals surface area contributed by atoms with Gasteiger partial charge in [0.05, 0.1) is 0 Å². The lowest BCUT2D eigenvalue weighted by atomic mass is 9.99. The maximum atomic E-state index is 15.1. The van der Waals surface area contributed by atoms with Crippen LogP contribution in [0.2, 0.25) is 0 Å². The van der Waals surface area contributed by atoms with Crippen LogP contribution in [-0.4, -0.2) is 6.36 Å². The predicted octanol–water partition coefficient (Wildman–Crippen LogP) is 12.1. The number of ether oxygens (including phenoxy) is 2. The molecule has 0 bridgehead atoms. The molecule has 0 fully saturated rings. The average molecular weight is 693 g/mol. The molecule has 0 unspecified atom stereocenters. The Morgan fingerprint density at radius 1 is 0.510 bits per heavy atom. The van der Waals surface area contributed by atoms with E-state index in [1.54, 1.807) is 24.3 Å². The standard InChI is InChI=1S/C37H26F10O2/c1-2-3-4-5-21-6-8-22(9-7-21)25-18-32(41)35(33(42)19-25)36(43,44)48-26-12-14-28(30(39)20-26)23-10-13-27(29(38)16-23)24-11-15-34(31(40)17-24)49-37(45,46)47/h6-20H,2-5H2,1H3. The summed E-state index contributed by atoms with van der Waals surface area (Å²) in [5, 5.41) is 0. The fourth-order valence-electron chi connectivity index (χ4n) is 5.25. The van der Waals surface area contributed by atoms with Crippen LogP contribution in [0.5, 0.6) is 11.5 Å². The molecule has 0 spiro atoms. The summed E-state index contributed by atoms with van der Waals surface area (Å²) in [5.41, 5.74) is -0.962. The van der Waals surface area contributed by atoms with Gasteiger partial charge in [0.25, 0.3) is 0 Å². The second-order valence-electron chi connectivity index (χ2n) is 11.1. The second kappa shape index (κ2) is 14.2. The third kappa shape index (κ3) is 8.36. The Bertz CT molecular complexity index is 1930. The van der Waals surface area contributed by atoms with Crippen LogP contribution in [0, 0.1) is 29.1 Å². The van der Waals surface area contributed by atoms with Gasteiger partial charge in [-0.15, -0.1) is 13.2 Å². The zero-order chi connectivity index (χ0) is 35.5. The van der Waals surface area contributed by atoms with Gasteiger partial charge in [-0.2, -0.15) is 8.78 Å². The number of halogens is 10. The quantitative estimate of drug-likeness (QED) is 0.101. The van der Waals surface area contributed by atoms with Crippen LogP contribution in [0.3, 0.4) is 0 Å². The highest BCUT2D eigenvalue weighted by molar-refractivity contribution is 5.72. The molecule has 0 atom stereocenters. The Morgan fingerprint density at radius 3 is 1.59 bits per heavy atom. The Hall–Kier alpha value is -5.00. The first-order chi connectivity index (χ1) is 23.1. The number of unbranched alkanes of at least 4 members (excludes halogenated alkanes) is 2. The molecule has 5 rings (SSSR count). The third-order valence-electron chi connectivity index (χ3n) is 7.62. The van der Waals surface area contributed by atoms with Crippen LogP contribution in [0.4, 0.5) is 43.9 Å². The average Bonchev–Trinajstić information content (AvgIpc) is 3.01. The topological polar surface area (TPSA) is 18.5 Å². The maximum absolute atomic E-state index is 15.1. The first-order valence-corrected chi connectivity index (χ1v) is 15.0. The summed E-state index contributed by atoms with van der Waals surface area (Å²) in [6.45, 7) is 2.08. The SMILES string of the molecule is CCCCCc1ccc(-c2cc(F)c(C(F)(F)Oc3ccc(-c4ccc(-c5ccc(OC(F)(F)F)c(F)c5)c(F)c4)c(F)c3)c(F)c2)cc1. The zero-order valence-corrected chi connectivity index (χ0v) is 25.6. The highest BCUT2D eigenvalue weighted by atomic mass is 19.4. The molecule has 0 aromatic heterocycles. The van der Waals surface area contributed by atoms with E-state index in [0.29, 0.717) is 23.8 Å². The van der Waals surface area contributed by atoms with E-state index in [-0.39, 0.29) is 27.8 Å². The molecule has 0 saturated heterocycles. The van der Waals surface area contributed by atoms with Crippen LogP contribution in [0.15, 0.2) is 91.0 Å². The lowest BCUT2D eigenvalue weighted by Crippen LogP contribution is -2.25. The fourth-order valence-corrected chi connectivity index (χ4v) is 5.25. The van der Waals surface area contributed by atoms with Crippen molar-refractivity contribution in [1.82, 2.24) is 0 Å². The van der Waals surface area contributed by atoms with E-state index in [1.165, 1.54) is 6.07 Å². The van der Waals surface area contributed by atoms with Gasteiger partial charge in [0.15, 0.2) is 11.6 Å². The van der Waals surface area contributed by atoms with Gasteiger partial charge in [0, 0.05) is 17.2 Å². The van der Waals surface area contributed by atoms with Crippen LogP contribution in [0.25, 0.3) is 33.4 Å².